The van der Waals surface area contributed by atoms with Gasteiger partial charge < -0.3 is 14.4 Å². The van der Waals surface area contributed by atoms with Crippen LogP contribution in [0.3, 0.4) is 0 Å². The summed E-state index contributed by atoms with van der Waals surface area (Å²) in [6.07, 6.45) is 2.52. The smallest absolute Gasteiger partial charge is 0.233 e. The molecule has 15 heavy (non-hydrogen) atoms. The first-order valence-electron chi connectivity index (χ1n) is 5.36. The van der Waals surface area contributed by atoms with E-state index >= 15 is 0 Å². The summed E-state index contributed by atoms with van der Waals surface area (Å²) in [5.74, 6) is 0.181. The molecule has 2 aliphatic heterocycles. The second-order valence-electron chi connectivity index (χ2n) is 4.01. The van der Waals surface area contributed by atoms with Gasteiger partial charge in [-0.05, 0) is 12.8 Å². The van der Waals surface area contributed by atoms with Crippen molar-refractivity contribution in [1.82, 2.24) is 4.90 Å². The molecule has 2 aliphatic rings. The lowest BCUT2D eigenvalue weighted by Crippen LogP contribution is -2.45. The molecule has 86 valence electrons. The van der Waals surface area contributed by atoms with Crippen molar-refractivity contribution >= 4 is 21.8 Å². The maximum atomic E-state index is 11.4. The number of piperidine rings is 1. The van der Waals surface area contributed by atoms with Gasteiger partial charge >= 0.3 is 0 Å². The molecule has 5 heteroatoms. The van der Waals surface area contributed by atoms with Crippen LogP contribution in [0.15, 0.2) is 0 Å². The molecule has 2 rings (SSSR count). The summed E-state index contributed by atoms with van der Waals surface area (Å²) in [5.41, 5.74) is 0. The quantitative estimate of drug-likeness (QED) is 0.716. The molecule has 0 aromatic rings. The number of alkyl halides is 1. The number of halogens is 1. The summed E-state index contributed by atoms with van der Waals surface area (Å²) >= 11 is 3.19. The van der Waals surface area contributed by atoms with E-state index in [-0.39, 0.29) is 5.91 Å². The molecule has 0 N–H and O–H groups in total. The Hall–Kier alpha value is -0.130. The first kappa shape index (κ1) is 11.4. The molecule has 0 aliphatic carbocycles. The fourth-order valence-electron chi connectivity index (χ4n) is 1.89. The van der Waals surface area contributed by atoms with E-state index in [1.165, 1.54) is 0 Å². The summed E-state index contributed by atoms with van der Waals surface area (Å²) < 4.78 is 10.9. The topological polar surface area (TPSA) is 38.8 Å². The van der Waals surface area contributed by atoms with Gasteiger partial charge in [-0.25, -0.2) is 0 Å². The molecular weight excluding hydrogens is 262 g/mol. The Morgan fingerprint density at radius 2 is 2.00 bits per heavy atom. The van der Waals surface area contributed by atoms with E-state index in [1.54, 1.807) is 0 Å². The lowest BCUT2D eigenvalue weighted by molar-refractivity contribution is -0.164. The first-order chi connectivity index (χ1) is 7.29. The maximum Gasteiger partial charge on any atom is 0.233 e. The third kappa shape index (κ3) is 2.92. The van der Waals surface area contributed by atoms with Crippen LogP contribution in [0, 0.1) is 0 Å². The van der Waals surface area contributed by atoms with E-state index in [4.69, 9.17) is 9.47 Å². The fraction of sp³-hybridized carbons (Fsp3) is 0.900. The zero-order chi connectivity index (χ0) is 10.7. The van der Waals surface area contributed by atoms with Crippen LogP contribution >= 0.6 is 15.9 Å². The molecule has 0 atom stereocenters. The summed E-state index contributed by atoms with van der Waals surface area (Å²) in [4.78, 5) is 13.3. The van der Waals surface area contributed by atoms with Crippen LogP contribution < -0.4 is 0 Å². The first-order valence-corrected chi connectivity index (χ1v) is 6.48. The van der Waals surface area contributed by atoms with Crippen molar-refractivity contribution in [3.05, 3.63) is 0 Å². The fourth-order valence-corrected chi connectivity index (χ4v) is 2.25. The van der Waals surface area contributed by atoms with Gasteiger partial charge in [-0.1, -0.05) is 15.9 Å². The van der Waals surface area contributed by atoms with Crippen LogP contribution in [-0.4, -0.2) is 54.6 Å². The Labute approximate surface area is 98.0 Å². The van der Waals surface area contributed by atoms with Gasteiger partial charge in [-0.3, -0.25) is 4.79 Å². The highest BCUT2D eigenvalue weighted by Gasteiger charge is 2.27. The van der Waals surface area contributed by atoms with Gasteiger partial charge in [0.1, 0.15) is 6.10 Å². The molecule has 2 heterocycles. The minimum absolute atomic E-state index is 0.181. The number of carbonyl (C=O) groups excluding carboxylic acids is 1. The summed E-state index contributed by atoms with van der Waals surface area (Å²) in [6.45, 7) is 3.12. The van der Waals surface area contributed by atoms with Gasteiger partial charge in [0.15, 0.2) is 0 Å². The van der Waals surface area contributed by atoms with Crippen LogP contribution in [0.1, 0.15) is 12.8 Å². The van der Waals surface area contributed by atoms with Gasteiger partial charge in [0.25, 0.3) is 0 Å². The number of ether oxygens (including phenoxy) is 2. The van der Waals surface area contributed by atoms with Crippen molar-refractivity contribution in [1.29, 1.82) is 0 Å². The van der Waals surface area contributed by atoms with Crippen molar-refractivity contribution < 1.29 is 14.3 Å². The molecule has 0 radical (unpaired) electrons. The van der Waals surface area contributed by atoms with Gasteiger partial charge in [-0.15, -0.1) is 0 Å². The molecule has 1 amide bonds. The molecule has 0 spiro atoms. The number of nitrogens with zero attached hydrogens (tertiary/aromatic N) is 1. The normalized spacial score (nSPS) is 23.9. The largest absolute Gasteiger partial charge is 0.376 e. The van der Waals surface area contributed by atoms with Gasteiger partial charge in [0.2, 0.25) is 5.91 Å². The number of likely N-dealkylation sites (tertiary alicyclic amines) is 1. The highest BCUT2D eigenvalue weighted by molar-refractivity contribution is 9.09. The molecule has 0 bridgehead atoms. The molecule has 0 saturated carbocycles. The average molecular weight is 278 g/mol. The van der Waals surface area contributed by atoms with Crippen LogP contribution in [0.4, 0.5) is 0 Å². The van der Waals surface area contributed by atoms with Crippen molar-refractivity contribution in [2.75, 3.05) is 31.6 Å². The van der Waals surface area contributed by atoms with Crippen LogP contribution in [0.2, 0.25) is 0 Å². The van der Waals surface area contributed by atoms with E-state index in [0.717, 1.165) is 39.1 Å². The summed E-state index contributed by atoms with van der Waals surface area (Å²) in [5, 5.41) is 0.426. The van der Waals surface area contributed by atoms with Crippen molar-refractivity contribution in [2.24, 2.45) is 0 Å². The molecule has 4 nitrogen and oxygen atoms in total. The van der Waals surface area contributed by atoms with Crippen molar-refractivity contribution in [3.8, 4) is 0 Å². The monoisotopic (exact) mass is 277 g/mol. The summed E-state index contributed by atoms with van der Waals surface area (Å²) in [6, 6.07) is 0. The van der Waals surface area contributed by atoms with Gasteiger partial charge in [0, 0.05) is 13.1 Å². The van der Waals surface area contributed by atoms with E-state index in [9.17, 15) is 4.79 Å². The van der Waals surface area contributed by atoms with Crippen LogP contribution in [0.25, 0.3) is 0 Å². The van der Waals surface area contributed by atoms with E-state index < -0.39 is 0 Å². The van der Waals surface area contributed by atoms with Crippen molar-refractivity contribution in [3.63, 3.8) is 0 Å². The highest BCUT2D eigenvalue weighted by atomic mass is 79.9. The minimum Gasteiger partial charge on any atom is -0.376 e. The zero-order valence-corrected chi connectivity index (χ0v) is 10.2. The Morgan fingerprint density at radius 1 is 1.33 bits per heavy atom. The van der Waals surface area contributed by atoms with Crippen LogP contribution in [0.5, 0.6) is 0 Å². The lowest BCUT2D eigenvalue weighted by Gasteiger charge is -2.36. The maximum absolute atomic E-state index is 11.4. The molecule has 2 saturated heterocycles. The Morgan fingerprint density at radius 3 is 2.47 bits per heavy atom. The number of hydrogen-bond donors (Lipinski definition) is 0. The zero-order valence-electron chi connectivity index (χ0n) is 8.65. The van der Waals surface area contributed by atoms with Gasteiger partial charge in [-0.2, -0.15) is 0 Å². The summed E-state index contributed by atoms with van der Waals surface area (Å²) in [7, 11) is 0. The molecule has 2 fully saturated rings. The number of rotatable bonds is 3. The van der Waals surface area contributed by atoms with E-state index in [2.05, 4.69) is 15.9 Å². The Bertz CT molecular complexity index is 225. The average Bonchev–Trinajstić information content (AvgIpc) is 2.23. The van der Waals surface area contributed by atoms with Gasteiger partial charge in [0.05, 0.1) is 24.6 Å². The second-order valence-corrected chi connectivity index (χ2v) is 4.57. The number of hydrogen-bond acceptors (Lipinski definition) is 3. The molecule has 0 unspecified atom stereocenters. The lowest BCUT2D eigenvalue weighted by atomic mass is 10.1. The van der Waals surface area contributed by atoms with Crippen LogP contribution in [-0.2, 0) is 14.3 Å². The standard InChI is InChI=1S/C10H16BrNO3/c11-5-10(13)12-3-1-8(2-4-12)15-9-6-14-7-9/h8-9H,1-7H2. The molecule has 0 aromatic heterocycles. The van der Waals surface area contributed by atoms with E-state index in [0.29, 0.717) is 17.5 Å². The third-order valence-corrected chi connectivity index (χ3v) is 3.38. The second kappa shape index (κ2) is 5.27. The molecular formula is C10H16BrNO3. The van der Waals surface area contributed by atoms with Crippen molar-refractivity contribution in [2.45, 2.75) is 25.0 Å². The number of carbonyl (C=O) groups is 1. The predicted molar refractivity (Wildman–Crippen MR) is 59.1 cm³/mol. The van der Waals surface area contributed by atoms with E-state index in [1.807, 2.05) is 4.90 Å². The SMILES string of the molecule is O=C(CBr)N1CCC(OC2COC2)CC1. The molecule has 0 aromatic carbocycles. The highest BCUT2D eigenvalue weighted by Crippen LogP contribution is 2.18. The predicted octanol–water partition coefficient (Wildman–Crippen LogP) is 0.788. The Balaban J connectivity index is 1.69. The number of amides is 1. The third-order valence-electron chi connectivity index (χ3n) is 2.90. The Kier molecular flexibility index (Phi) is 3.99. The minimum atomic E-state index is 0.181.